The van der Waals surface area contributed by atoms with Crippen LogP contribution in [0, 0.1) is 0 Å². The molecule has 0 saturated carbocycles. The summed E-state index contributed by atoms with van der Waals surface area (Å²) >= 11 is 24.5. The van der Waals surface area contributed by atoms with E-state index < -0.39 is 0 Å². The molecule has 0 N–H and O–H groups in total. The molecule has 0 fully saturated rings. The van der Waals surface area contributed by atoms with Crippen LogP contribution in [-0.2, 0) is 0 Å². The highest BCUT2D eigenvalue weighted by molar-refractivity contribution is 6.42. The number of halogens is 4. The zero-order valence-corrected chi connectivity index (χ0v) is 13.6. The summed E-state index contributed by atoms with van der Waals surface area (Å²) in [5.41, 5.74) is 2.13. The van der Waals surface area contributed by atoms with Crippen molar-refractivity contribution in [2.45, 2.75) is 12.3 Å². The summed E-state index contributed by atoms with van der Waals surface area (Å²) in [6.45, 7) is 0. The third kappa shape index (κ3) is 3.22. The third-order valence-corrected chi connectivity index (χ3v) is 4.49. The van der Waals surface area contributed by atoms with Crippen molar-refractivity contribution >= 4 is 52.1 Å². The van der Waals surface area contributed by atoms with Crippen LogP contribution in [0.2, 0.25) is 5.02 Å². The first-order valence-electron chi connectivity index (χ1n) is 5.78. The molecule has 0 saturated heterocycles. The van der Waals surface area contributed by atoms with E-state index in [1.54, 1.807) is 6.08 Å². The Kier molecular flexibility index (Phi) is 4.73. The molecule has 1 nitrogen and oxygen atoms in total. The Balaban J connectivity index is 2.47. The van der Waals surface area contributed by atoms with Crippen LogP contribution in [0.1, 0.15) is 17.9 Å². The van der Waals surface area contributed by atoms with E-state index in [1.807, 2.05) is 37.2 Å². The summed E-state index contributed by atoms with van der Waals surface area (Å²) in [5, 5.41) is 2.54. The average molecular weight is 337 g/mol. The lowest BCUT2D eigenvalue weighted by Crippen LogP contribution is -2.14. The molecule has 1 unspecified atom stereocenters. The average Bonchev–Trinajstić information content (AvgIpc) is 2.34. The summed E-state index contributed by atoms with van der Waals surface area (Å²) in [6.07, 6.45) is 2.33. The van der Waals surface area contributed by atoms with Gasteiger partial charge in [0.05, 0.1) is 5.03 Å². The first-order chi connectivity index (χ1) is 8.90. The van der Waals surface area contributed by atoms with Crippen LogP contribution < -0.4 is 4.90 Å². The Morgan fingerprint density at radius 3 is 2.42 bits per heavy atom. The van der Waals surface area contributed by atoms with Gasteiger partial charge in [-0.3, -0.25) is 0 Å². The van der Waals surface area contributed by atoms with E-state index in [1.165, 1.54) is 0 Å². The zero-order chi connectivity index (χ0) is 14.2. The van der Waals surface area contributed by atoms with Crippen LogP contribution in [0.25, 0.3) is 0 Å². The molecule has 102 valence electrons. The lowest BCUT2D eigenvalue weighted by atomic mass is 9.90. The zero-order valence-electron chi connectivity index (χ0n) is 10.6. The SMILES string of the molecule is CN(C)c1cc(Cl)ccc1C1CC(Cl)=C(Cl)C=C1Cl. The fraction of sp³-hybridized carbons (Fsp3) is 0.286. The van der Waals surface area contributed by atoms with Crippen molar-refractivity contribution < 1.29 is 0 Å². The minimum atomic E-state index is 0.0198. The van der Waals surface area contributed by atoms with E-state index in [0.717, 1.165) is 11.3 Å². The maximum absolute atomic E-state index is 6.33. The molecule has 1 atom stereocenters. The van der Waals surface area contributed by atoms with Gasteiger partial charge < -0.3 is 4.90 Å². The number of hydrogen-bond donors (Lipinski definition) is 0. The molecule has 0 amide bonds. The Labute approximate surface area is 133 Å². The van der Waals surface area contributed by atoms with Crippen LogP contribution in [0.4, 0.5) is 5.69 Å². The van der Waals surface area contributed by atoms with Crippen molar-refractivity contribution in [2.24, 2.45) is 0 Å². The second-order valence-electron chi connectivity index (χ2n) is 4.64. The number of nitrogens with zero attached hydrogens (tertiary/aromatic N) is 1. The van der Waals surface area contributed by atoms with Crippen molar-refractivity contribution in [3.8, 4) is 0 Å². The number of allylic oxidation sites excluding steroid dienone is 4. The fourth-order valence-electron chi connectivity index (χ4n) is 2.13. The fourth-order valence-corrected chi connectivity index (χ4v) is 3.06. The molecule has 0 radical (unpaired) electrons. The predicted molar refractivity (Wildman–Crippen MR) is 85.8 cm³/mol. The predicted octanol–water partition coefficient (Wildman–Crippen LogP) is 5.71. The Morgan fingerprint density at radius 2 is 1.79 bits per heavy atom. The van der Waals surface area contributed by atoms with E-state index in [9.17, 15) is 0 Å². The molecular weight excluding hydrogens is 324 g/mol. The smallest absolute Gasteiger partial charge is 0.0563 e. The molecule has 0 aromatic heterocycles. The second-order valence-corrected chi connectivity index (χ2v) is 6.37. The first kappa shape index (κ1) is 15.1. The van der Waals surface area contributed by atoms with E-state index in [0.29, 0.717) is 26.5 Å². The monoisotopic (exact) mass is 335 g/mol. The van der Waals surface area contributed by atoms with E-state index in [2.05, 4.69) is 0 Å². The highest BCUT2D eigenvalue weighted by Crippen LogP contribution is 2.44. The normalized spacial score (nSPS) is 19.5. The Hall–Kier alpha value is -0.340. The highest BCUT2D eigenvalue weighted by atomic mass is 35.5. The van der Waals surface area contributed by atoms with Gasteiger partial charge in [-0.25, -0.2) is 0 Å². The maximum Gasteiger partial charge on any atom is 0.0563 e. The molecule has 1 aromatic carbocycles. The molecule has 0 heterocycles. The lowest BCUT2D eigenvalue weighted by molar-refractivity contribution is 0.819. The Morgan fingerprint density at radius 1 is 1.11 bits per heavy atom. The number of rotatable bonds is 2. The summed E-state index contributed by atoms with van der Waals surface area (Å²) in [4.78, 5) is 2.01. The van der Waals surface area contributed by atoms with Gasteiger partial charge in [-0.1, -0.05) is 52.5 Å². The van der Waals surface area contributed by atoms with Crippen molar-refractivity contribution in [1.29, 1.82) is 0 Å². The first-order valence-corrected chi connectivity index (χ1v) is 7.29. The van der Waals surface area contributed by atoms with Gasteiger partial charge in [0.25, 0.3) is 0 Å². The lowest BCUT2D eigenvalue weighted by Gasteiger charge is -2.26. The number of hydrogen-bond acceptors (Lipinski definition) is 1. The Bertz CT molecular complexity index is 561. The quantitative estimate of drug-likeness (QED) is 0.669. The third-order valence-electron chi connectivity index (χ3n) is 3.09. The molecule has 1 aromatic rings. The molecule has 5 heteroatoms. The van der Waals surface area contributed by atoms with E-state index >= 15 is 0 Å². The second kappa shape index (κ2) is 5.97. The standard InChI is InChI=1S/C14H13Cl4N/c1-19(2)14-5-8(15)3-4-9(14)10-6-12(17)13(18)7-11(10)16/h3-5,7,10H,6H2,1-2H3. The molecule has 0 spiro atoms. The van der Waals surface area contributed by atoms with Crippen molar-refractivity contribution in [3.05, 3.63) is 50.0 Å². The minimum Gasteiger partial charge on any atom is -0.377 e. The van der Waals surface area contributed by atoms with Crippen LogP contribution in [-0.4, -0.2) is 14.1 Å². The summed E-state index contributed by atoms with van der Waals surface area (Å²) < 4.78 is 0. The highest BCUT2D eigenvalue weighted by Gasteiger charge is 2.25. The van der Waals surface area contributed by atoms with Gasteiger partial charge in [-0.05, 0) is 30.2 Å². The van der Waals surface area contributed by atoms with Gasteiger partial charge in [-0.2, -0.15) is 0 Å². The summed E-state index contributed by atoms with van der Waals surface area (Å²) in [7, 11) is 3.94. The number of anilines is 1. The van der Waals surface area contributed by atoms with Gasteiger partial charge in [0.2, 0.25) is 0 Å². The van der Waals surface area contributed by atoms with Crippen LogP contribution >= 0.6 is 46.4 Å². The van der Waals surface area contributed by atoms with Gasteiger partial charge in [0.1, 0.15) is 0 Å². The van der Waals surface area contributed by atoms with Crippen LogP contribution in [0.3, 0.4) is 0 Å². The van der Waals surface area contributed by atoms with Gasteiger partial charge in [0, 0.05) is 40.8 Å². The van der Waals surface area contributed by atoms with E-state index in [-0.39, 0.29) is 5.92 Å². The molecular formula is C14H13Cl4N. The molecule has 0 aliphatic heterocycles. The van der Waals surface area contributed by atoms with Crippen LogP contribution in [0.15, 0.2) is 39.4 Å². The molecule has 19 heavy (non-hydrogen) atoms. The van der Waals surface area contributed by atoms with Gasteiger partial charge in [0.15, 0.2) is 0 Å². The largest absolute Gasteiger partial charge is 0.377 e. The van der Waals surface area contributed by atoms with Crippen molar-refractivity contribution in [1.82, 2.24) is 0 Å². The summed E-state index contributed by atoms with van der Waals surface area (Å²) in [6, 6.07) is 5.78. The van der Waals surface area contributed by atoms with Crippen LogP contribution in [0.5, 0.6) is 0 Å². The minimum absolute atomic E-state index is 0.0198. The summed E-state index contributed by atoms with van der Waals surface area (Å²) in [5.74, 6) is 0.0198. The molecule has 1 aliphatic carbocycles. The van der Waals surface area contributed by atoms with E-state index in [4.69, 9.17) is 46.4 Å². The van der Waals surface area contributed by atoms with Crippen molar-refractivity contribution in [2.75, 3.05) is 19.0 Å². The molecule has 0 bridgehead atoms. The van der Waals surface area contributed by atoms with Gasteiger partial charge >= 0.3 is 0 Å². The topological polar surface area (TPSA) is 3.24 Å². The molecule has 2 rings (SSSR count). The van der Waals surface area contributed by atoms with Crippen molar-refractivity contribution in [3.63, 3.8) is 0 Å². The number of benzene rings is 1. The molecule has 1 aliphatic rings. The maximum atomic E-state index is 6.33. The van der Waals surface area contributed by atoms with Gasteiger partial charge in [-0.15, -0.1) is 0 Å².